The number of methoxy groups -OCH3 is 1. The molecule has 2 aromatic carbocycles. The second-order valence-corrected chi connectivity index (χ2v) is 7.30. The Labute approximate surface area is 166 Å². The fourth-order valence-electron chi connectivity index (χ4n) is 2.57. The molecule has 8 heteroatoms. The smallest absolute Gasteiger partial charge is 0.234 e. The van der Waals surface area contributed by atoms with Crippen molar-refractivity contribution in [3.63, 3.8) is 0 Å². The molecule has 0 saturated carbocycles. The van der Waals surface area contributed by atoms with Gasteiger partial charge >= 0.3 is 0 Å². The first-order chi connectivity index (χ1) is 13.0. The van der Waals surface area contributed by atoms with E-state index >= 15 is 0 Å². The highest BCUT2D eigenvalue weighted by molar-refractivity contribution is 7.99. The summed E-state index contributed by atoms with van der Waals surface area (Å²) < 4.78 is 7.12. The Morgan fingerprint density at radius 2 is 2.07 bits per heavy atom. The predicted molar refractivity (Wildman–Crippen MR) is 109 cm³/mol. The van der Waals surface area contributed by atoms with E-state index in [4.69, 9.17) is 16.3 Å². The van der Waals surface area contributed by atoms with E-state index < -0.39 is 0 Å². The lowest BCUT2D eigenvalue weighted by Crippen LogP contribution is -2.15. The molecular formula is C19H19ClN4O2S. The van der Waals surface area contributed by atoms with Crippen LogP contribution in [0.3, 0.4) is 0 Å². The summed E-state index contributed by atoms with van der Waals surface area (Å²) >= 11 is 7.30. The molecule has 3 aromatic rings. The molecule has 0 radical (unpaired) electrons. The summed E-state index contributed by atoms with van der Waals surface area (Å²) in [5.74, 6) is 1.33. The Morgan fingerprint density at radius 3 is 2.81 bits per heavy atom. The van der Waals surface area contributed by atoms with Gasteiger partial charge in [0.1, 0.15) is 5.75 Å². The van der Waals surface area contributed by atoms with E-state index in [0.29, 0.717) is 21.6 Å². The molecule has 0 spiro atoms. The first-order valence-electron chi connectivity index (χ1n) is 8.20. The number of anilines is 1. The lowest BCUT2D eigenvalue weighted by atomic mass is 10.1. The topological polar surface area (TPSA) is 69.0 Å². The Bertz CT molecular complexity index is 974. The molecule has 3 rings (SSSR count). The number of carbonyl (C=O) groups is 1. The number of ether oxygens (including phenoxy) is 1. The van der Waals surface area contributed by atoms with Gasteiger partial charge in [-0.2, -0.15) is 0 Å². The zero-order valence-corrected chi connectivity index (χ0v) is 16.8. The molecule has 0 aliphatic heterocycles. The van der Waals surface area contributed by atoms with Crippen LogP contribution >= 0.6 is 23.4 Å². The van der Waals surface area contributed by atoms with Gasteiger partial charge in [-0.1, -0.05) is 47.1 Å². The molecule has 140 valence electrons. The lowest BCUT2D eigenvalue weighted by molar-refractivity contribution is -0.113. The number of aromatic nitrogens is 3. The molecule has 27 heavy (non-hydrogen) atoms. The average molecular weight is 403 g/mol. The number of rotatable bonds is 6. The van der Waals surface area contributed by atoms with E-state index in [1.807, 2.05) is 36.7 Å². The van der Waals surface area contributed by atoms with Gasteiger partial charge in [0.15, 0.2) is 11.0 Å². The number of thioether (sulfide) groups is 1. The number of nitrogens with zero attached hydrogens (tertiary/aromatic N) is 3. The van der Waals surface area contributed by atoms with Crippen LogP contribution < -0.4 is 10.1 Å². The molecule has 6 nitrogen and oxygen atoms in total. The monoisotopic (exact) mass is 402 g/mol. The van der Waals surface area contributed by atoms with Crippen LogP contribution in [0.2, 0.25) is 5.02 Å². The van der Waals surface area contributed by atoms with Gasteiger partial charge in [-0.3, -0.25) is 4.79 Å². The van der Waals surface area contributed by atoms with E-state index in [1.165, 1.54) is 11.8 Å². The number of hydrogen-bond donors (Lipinski definition) is 1. The van der Waals surface area contributed by atoms with Crippen molar-refractivity contribution in [2.75, 3.05) is 18.2 Å². The molecular weight excluding hydrogens is 384 g/mol. The van der Waals surface area contributed by atoms with Gasteiger partial charge in [-0.25, -0.2) is 0 Å². The van der Waals surface area contributed by atoms with Crippen molar-refractivity contribution >= 4 is 35.0 Å². The number of halogens is 1. The van der Waals surface area contributed by atoms with Gasteiger partial charge in [-0.15, -0.1) is 10.2 Å². The highest BCUT2D eigenvalue weighted by Gasteiger charge is 2.14. The van der Waals surface area contributed by atoms with Crippen LogP contribution in [-0.4, -0.2) is 33.5 Å². The molecule has 0 atom stereocenters. The first-order valence-corrected chi connectivity index (χ1v) is 9.57. The van der Waals surface area contributed by atoms with Crippen molar-refractivity contribution in [3.8, 4) is 17.1 Å². The van der Waals surface area contributed by atoms with Crippen LogP contribution in [0.25, 0.3) is 11.4 Å². The summed E-state index contributed by atoms with van der Waals surface area (Å²) in [4.78, 5) is 12.3. The van der Waals surface area contributed by atoms with Crippen LogP contribution in [0.1, 0.15) is 5.56 Å². The maximum atomic E-state index is 12.3. The Balaban J connectivity index is 1.67. The van der Waals surface area contributed by atoms with E-state index in [-0.39, 0.29) is 11.7 Å². The highest BCUT2D eigenvalue weighted by Crippen LogP contribution is 2.28. The van der Waals surface area contributed by atoms with E-state index in [9.17, 15) is 4.79 Å². The third-order valence-electron chi connectivity index (χ3n) is 3.88. The quantitative estimate of drug-likeness (QED) is 0.626. The largest absolute Gasteiger partial charge is 0.495 e. The molecule has 1 N–H and O–H groups in total. The van der Waals surface area contributed by atoms with Crippen LogP contribution in [0.4, 0.5) is 5.69 Å². The predicted octanol–water partition coefficient (Wildman–Crippen LogP) is 4.18. The summed E-state index contributed by atoms with van der Waals surface area (Å²) in [5.41, 5.74) is 2.68. The van der Waals surface area contributed by atoms with E-state index in [0.717, 1.165) is 17.0 Å². The Morgan fingerprint density at radius 1 is 1.26 bits per heavy atom. The van der Waals surface area contributed by atoms with Gasteiger partial charge in [0, 0.05) is 17.6 Å². The van der Waals surface area contributed by atoms with E-state index in [1.54, 1.807) is 25.3 Å². The van der Waals surface area contributed by atoms with Crippen molar-refractivity contribution in [2.45, 2.75) is 12.1 Å². The van der Waals surface area contributed by atoms with Gasteiger partial charge in [0.05, 0.1) is 18.6 Å². The summed E-state index contributed by atoms with van der Waals surface area (Å²) in [7, 11) is 3.43. The highest BCUT2D eigenvalue weighted by atomic mass is 35.5. The average Bonchev–Trinajstić information content (AvgIpc) is 3.01. The zero-order chi connectivity index (χ0) is 19.4. The number of benzene rings is 2. The molecule has 1 amide bonds. The van der Waals surface area contributed by atoms with E-state index in [2.05, 4.69) is 21.6 Å². The molecule has 0 saturated heterocycles. The van der Waals surface area contributed by atoms with Gasteiger partial charge < -0.3 is 14.6 Å². The maximum absolute atomic E-state index is 12.3. The minimum Gasteiger partial charge on any atom is -0.495 e. The summed E-state index contributed by atoms with van der Waals surface area (Å²) in [5, 5.41) is 12.5. The number of nitrogens with one attached hydrogen (secondary N) is 1. The standard InChI is InChI=1S/C19H19ClN4O2S/c1-12-5-4-6-13(9-12)18-22-23-19(24(18)2)27-11-17(25)21-15-10-14(20)7-8-16(15)26-3/h4-10H,11H2,1-3H3,(H,21,25). The van der Waals surface area contributed by atoms with Crippen molar-refractivity contribution in [1.82, 2.24) is 14.8 Å². The Hall–Kier alpha value is -2.51. The van der Waals surface area contributed by atoms with Gasteiger partial charge in [0.2, 0.25) is 5.91 Å². The molecule has 1 heterocycles. The van der Waals surface area contributed by atoms with Crippen molar-refractivity contribution in [1.29, 1.82) is 0 Å². The summed E-state index contributed by atoms with van der Waals surface area (Å²) in [6.07, 6.45) is 0. The van der Waals surface area contributed by atoms with Crippen molar-refractivity contribution in [2.24, 2.45) is 7.05 Å². The molecule has 0 unspecified atom stereocenters. The molecule has 0 fully saturated rings. The summed E-state index contributed by atoms with van der Waals surface area (Å²) in [6, 6.07) is 13.1. The van der Waals surface area contributed by atoms with Crippen LogP contribution in [0.15, 0.2) is 47.6 Å². The van der Waals surface area contributed by atoms with Crippen LogP contribution in [0.5, 0.6) is 5.75 Å². The van der Waals surface area contributed by atoms with Crippen molar-refractivity contribution in [3.05, 3.63) is 53.1 Å². The zero-order valence-electron chi connectivity index (χ0n) is 15.2. The lowest BCUT2D eigenvalue weighted by Gasteiger charge is -2.10. The fraction of sp³-hybridized carbons (Fsp3) is 0.211. The number of aryl methyl sites for hydroxylation is 1. The SMILES string of the molecule is COc1ccc(Cl)cc1NC(=O)CSc1nnc(-c2cccc(C)c2)n1C. The van der Waals surface area contributed by atoms with Gasteiger partial charge in [-0.05, 0) is 31.2 Å². The second-order valence-electron chi connectivity index (χ2n) is 5.92. The fourth-order valence-corrected chi connectivity index (χ4v) is 3.45. The van der Waals surface area contributed by atoms with Gasteiger partial charge in [0.25, 0.3) is 0 Å². The number of hydrogen-bond acceptors (Lipinski definition) is 5. The molecule has 0 aliphatic carbocycles. The Kier molecular flexibility index (Phi) is 6.03. The third-order valence-corrected chi connectivity index (χ3v) is 5.13. The second kappa shape index (κ2) is 8.45. The minimum atomic E-state index is -0.180. The minimum absolute atomic E-state index is 0.180. The molecule has 0 aliphatic rings. The third kappa shape index (κ3) is 4.61. The van der Waals surface area contributed by atoms with Crippen molar-refractivity contribution < 1.29 is 9.53 Å². The number of carbonyl (C=O) groups excluding carboxylic acids is 1. The van der Waals surface area contributed by atoms with Crippen LogP contribution in [0, 0.1) is 6.92 Å². The normalized spacial score (nSPS) is 10.7. The molecule has 0 bridgehead atoms. The maximum Gasteiger partial charge on any atom is 0.234 e. The first kappa shape index (κ1) is 19.3. The molecule has 1 aromatic heterocycles. The summed E-state index contributed by atoms with van der Waals surface area (Å²) in [6.45, 7) is 2.03. The number of amides is 1. The van der Waals surface area contributed by atoms with Crippen LogP contribution in [-0.2, 0) is 11.8 Å².